The molecule has 0 heterocycles. The molecule has 3 aromatic rings. The van der Waals surface area contributed by atoms with Crippen molar-refractivity contribution in [3.63, 3.8) is 0 Å². The number of amides is 1. The fourth-order valence-electron chi connectivity index (χ4n) is 4.38. The van der Waals surface area contributed by atoms with Crippen molar-refractivity contribution in [1.82, 2.24) is 5.32 Å². The van der Waals surface area contributed by atoms with Crippen LogP contribution in [-0.4, -0.2) is 47.0 Å². The second-order valence-corrected chi connectivity index (χ2v) is 12.3. The van der Waals surface area contributed by atoms with Gasteiger partial charge < -0.3 is 10.4 Å². The highest BCUT2D eigenvalue weighted by Crippen LogP contribution is 2.29. The number of carbonyl (C=O) groups is 2. The topological polar surface area (TPSA) is 66.4 Å². The third-order valence-electron chi connectivity index (χ3n) is 6.82. The predicted molar refractivity (Wildman–Crippen MR) is 186 cm³/mol. The molecule has 0 saturated carbocycles. The minimum absolute atomic E-state index is 0.348. The summed E-state index contributed by atoms with van der Waals surface area (Å²) in [6, 6.07) is 21.8. The smallest absolute Gasteiger partial charge is 0.326 e. The molecule has 0 aliphatic carbocycles. The van der Waals surface area contributed by atoms with E-state index in [2.05, 4.69) is 62.7 Å². The molecule has 1 amide bonds. The Hall–Kier alpha value is -2.70. The Balaban J connectivity index is 0.00000135. The van der Waals surface area contributed by atoms with Crippen LogP contribution in [0.4, 0.5) is 0 Å². The Kier molecular flexibility index (Phi) is 18.7. The van der Waals surface area contributed by atoms with Crippen molar-refractivity contribution < 1.29 is 14.7 Å². The van der Waals surface area contributed by atoms with Crippen LogP contribution in [0, 0.1) is 6.92 Å². The molecular weight excluding hydrogens is 559 g/mol. The zero-order valence-corrected chi connectivity index (χ0v) is 28.5. The van der Waals surface area contributed by atoms with Gasteiger partial charge in [0.05, 0.1) is 0 Å². The molecule has 1 atom stereocenters. The Morgan fingerprint density at radius 2 is 1.50 bits per heavy atom. The van der Waals surface area contributed by atoms with E-state index < -0.39 is 12.0 Å². The van der Waals surface area contributed by atoms with E-state index in [9.17, 15) is 14.7 Å². The Morgan fingerprint density at radius 3 is 2.07 bits per heavy atom. The molecular formula is C36H51NO3S2. The molecule has 230 valence electrons. The van der Waals surface area contributed by atoms with Gasteiger partial charge in [-0.25, -0.2) is 4.79 Å². The quantitative estimate of drug-likeness (QED) is 0.202. The Bertz CT molecular complexity index is 1220. The summed E-state index contributed by atoms with van der Waals surface area (Å²) in [5.74, 6) is 1.06. The largest absolute Gasteiger partial charge is 0.480 e. The summed E-state index contributed by atoms with van der Waals surface area (Å²) in [5.41, 5.74) is 7.30. The summed E-state index contributed by atoms with van der Waals surface area (Å²) in [7, 11) is 0. The number of aliphatic carboxylic acids is 1. The minimum Gasteiger partial charge on any atom is -0.480 e. The van der Waals surface area contributed by atoms with Gasteiger partial charge in [-0.2, -0.15) is 23.5 Å². The van der Waals surface area contributed by atoms with Gasteiger partial charge in [0, 0.05) is 5.56 Å². The van der Waals surface area contributed by atoms with Crippen LogP contribution in [0.2, 0.25) is 0 Å². The molecule has 0 saturated heterocycles. The maximum Gasteiger partial charge on any atom is 0.326 e. The lowest BCUT2D eigenvalue weighted by molar-refractivity contribution is -0.139. The van der Waals surface area contributed by atoms with Gasteiger partial charge in [-0.1, -0.05) is 95.3 Å². The van der Waals surface area contributed by atoms with Crippen molar-refractivity contribution in [1.29, 1.82) is 0 Å². The highest BCUT2D eigenvalue weighted by atomic mass is 32.2. The number of hydrogen-bond donors (Lipinski definition) is 2. The van der Waals surface area contributed by atoms with E-state index in [4.69, 9.17) is 0 Å². The summed E-state index contributed by atoms with van der Waals surface area (Å²) in [4.78, 5) is 24.9. The van der Waals surface area contributed by atoms with Crippen LogP contribution in [0.1, 0.15) is 86.0 Å². The van der Waals surface area contributed by atoms with Gasteiger partial charge in [0.2, 0.25) is 0 Å². The van der Waals surface area contributed by atoms with Crippen molar-refractivity contribution in [2.45, 2.75) is 79.2 Å². The van der Waals surface area contributed by atoms with Crippen LogP contribution in [-0.2, 0) is 17.6 Å². The van der Waals surface area contributed by atoms with Crippen LogP contribution in [0.3, 0.4) is 0 Å². The summed E-state index contributed by atoms with van der Waals surface area (Å²) >= 11 is 3.42. The summed E-state index contributed by atoms with van der Waals surface area (Å²) in [5, 5.41) is 12.3. The summed E-state index contributed by atoms with van der Waals surface area (Å²) in [6.45, 7) is 12.6. The van der Waals surface area contributed by atoms with Gasteiger partial charge in [-0.05, 0) is 102 Å². The number of benzene rings is 3. The van der Waals surface area contributed by atoms with Crippen LogP contribution in [0.15, 0.2) is 66.7 Å². The lowest BCUT2D eigenvalue weighted by atomic mass is 9.92. The number of carboxylic acids is 1. The zero-order chi connectivity index (χ0) is 31.5. The molecule has 42 heavy (non-hydrogen) atoms. The summed E-state index contributed by atoms with van der Waals surface area (Å²) < 4.78 is 0. The van der Waals surface area contributed by atoms with Gasteiger partial charge in [0.1, 0.15) is 6.04 Å². The van der Waals surface area contributed by atoms with E-state index in [0.29, 0.717) is 23.7 Å². The molecule has 0 bridgehead atoms. The van der Waals surface area contributed by atoms with Crippen LogP contribution < -0.4 is 5.32 Å². The fraction of sp³-hybridized carbons (Fsp3) is 0.444. The molecule has 0 spiro atoms. The molecule has 3 rings (SSSR count). The van der Waals surface area contributed by atoms with Gasteiger partial charge >= 0.3 is 5.97 Å². The van der Waals surface area contributed by atoms with Gasteiger partial charge in [-0.15, -0.1) is 0 Å². The van der Waals surface area contributed by atoms with Crippen molar-refractivity contribution in [2.75, 3.05) is 24.0 Å². The second-order valence-electron chi connectivity index (χ2n) is 10.2. The maximum absolute atomic E-state index is 13.2. The van der Waals surface area contributed by atoms with Crippen LogP contribution >= 0.6 is 23.5 Å². The number of rotatable bonds is 13. The molecule has 0 aliphatic heterocycles. The number of carboxylic acid groups (broad SMARTS) is 1. The van der Waals surface area contributed by atoms with E-state index in [1.807, 2.05) is 75.2 Å². The highest BCUT2D eigenvalue weighted by Gasteiger charge is 2.22. The van der Waals surface area contributed by atoms with E-state index >= 15 is 0 Å². The monoisotopic (exact) mass is 609 g/mol. The molecule has 6 heteroatoms. The Morgan fingerprint density at radius 1 is 0.857 bits per heavy atom. The molecule has 2 N–H and O–H groups in total. The number of carbonyl (C=O) groups excluding carboxylic acids is 1. The van der Waals surface area contributed by atoms with E-state index in [-0.39, 0.29) is 5.91 Å². The minimum atomic E-state index is -1.01. The summed E-state index contributed by atoms with van der Waals surface area (Å²) in [6.07, 6.45) is 7.32. The number of nitrogens with one attached hydrogen (secondary N) is 1. The van der Waals surface area contributed by atoms with Crippen molar-refractivity contribution in [3.05, 3.63) is 94.5 Å². The maximum atomic E-state index is 13.2. The standard InChI is InChI=1S/C31H37NO3S.C3H8S.C2H6/c1-21(2)25-13-8-12-23(19-25)10-7-11-24-15-16-27(28(20-24)26-14-6-5-9-22(26)3)30(33)32-29(31(34)35)17-18-36-4;1-3-4-2;1-2/h5-6,8-9,12-16,19-21,29H,7,10-11,17-18H2,1-4H3,(H,32,33)(H,34,35);3H2,1-2H3;1-2H3. The first-order valence-corrected chi connectivity index (χ1v) is 17.8. The Labute approximate surface area is 263 Å². The van der Waals surface area contributed by atoms with Gasteiger partial charge in [-0.3, -0.25) is 4.79 Å². The first kappa shape index (κ1) is 37.3. The third-order valence-corrected chi connectivity index (χ3v) is 8.04. The molecule has 1 unspecified atom stereocenters. The highest BCUT2D eigenvalue weighted by molar-refractivity contribution is 7.98. The van der Waals surface area contributed by atoms with E-state index in [1.54, 1.807) is 11.8 Å². The predicted octanol–water partition coefficient (Wildman–Crippen LogP) is 9.29. The molecule has 3 aromatic carbocycles. The molecule has 0 radical (unpaired) electrons. The first-order chi connectivity index (χ1) is 20.2. The fourth-order valence-corrected chi connectivity index (χ4v) is 4.85. The second kappa shape index (κ2) is 21.1. The molecule has 4 nitrogen and oxygen atoms in total. The van der Waals surface area contributed by atoms with Crippen molar-refractivity contribution in [3.8, 4) is 11.1 Å². The average Bonchev–Trinajstić information content (AvgIpc) is 3.00. The normalized spacial score (nSPS) is 11.1. The van der Waals surface area contributed by atoms with Crippen LogP contribution in [0.5, 0.6) is 0 Å². The van der Waals surface area contributed by atoms with Crippen molar-refractivity contribution >= 4 is 35.4 Å². The average molecular weight is 610 g/mol. The number of aryl methyl sites for hydroxylation is 3. The molecule has 0 aliphatic rings. The number of hydrogen-bond acceptors (Lipinski definition) is 4. The third kappa shape index (κ3) is 12.7. The first-order valence-electron chi connectivity index (χ1n) is 15.0. The van der Waals surface area contributed by atoms with Crippen molar-refractivity contribution in [2.24, 2.45) is 0 Å². The molecule has 0 fully saturated rings. The van der Waals surface area contributed by atoms with Crippen LogP contribution in [0.25, 0.3) is 11.1 Å². The molecule has 0 aromatic heterocycles. The van der Waals surface area contributed by atoms with E-state index in [1.165, 1.54) is 22.4 Å². The SMILES string of the molecule is CC.CCSC.CSCCC(NC(=O)c1ccc(CCCc2cccc(C(C)C)c2)cc1-c1ccccc1C)C(=O)O. The zero-order valence-electron chi connectivity index (χ0n) is 26.8. The van der Waals surface area contributed by atoms with Gasteiger partial charge in [0.15, 0.2) is 0 Å². The lowest BCUT2D eigenvalue weighted by Gasteiger charge is -2.18. The number of thioether (sulfide) groups is 2. The van der Waals surface area contributed by atoms with E-state index in [0.717, 1.165) is 36.0 Å². The van der Waals surface area contributed by atoms with Gasteiger partial charge in [0.25, 0.3) is 5.91 Å². The lowest BCUT2D eigenvalue weighted by Crippen LogP contribution is -2.41.